The van der Waals surface area contributed by atoms with Crippen molar-refractivity contribution < 1.29 is 14.3 Å². The molecule has 1 aromatic heterocycles. The summed E-state index contributed by atoms with van der Waals surface area (Å²) in [6.07, 6.45) is 2.19. The number of hydrogen-bond acceptors (Lipinski definition) is 5. The largest absolute Gasteiger partial charge is 0.497 e. The monoisotopic (exact) mass is 429 g/mol. The van der Waals surface area contributed by atoms with Gasteiger partial charge in [-0.15, -0.1) is 0 Å². The highest BCUT2D eigenvalue weighted by Gasteiger charge is 2.24. The predicted molar refractivity (Wildman–Crippen MR) is 121 cm³/mol. The maximum atomic E-state index is 13.1. The second-order valence-electron chi connectivity index (χ2n) is 7.98. The molecule has 1 fully saturated rings. The highest BCUT2D eigenvalue weighted by molar-refractivity contribution is 7.08. The summed E-state index contributed by atoms with van der Waals surface area (Å²) in [5.41, 5.74) is 1.26. The molecule has 162 valence electrons. The van der Waals surface area contributed by atoms with Crippen LogP contribution < -0.4 is 15.0 Å². The number of carbonyl (C=O) groups is 2. The van der Waals surface area contributed by atoms with E-state index >= 15 is 0 Å². The summed E-state index contributed by atoms with van der Waals surface area (Å²) < 4.78 is 5.17. The van der Waals surface area contributed by atoms with Crippen molar-refractivity contribution in [3.63, 3.8) is 0 Å². The molecule has 0 saturated carbocycles. The van der Waals surface area contributed by atoms with E-state index in [0.29, 0.717) is 29.8 Å². The summed E-state index contributed by atoms with van der Waals surface area (Å²) >= 11 is 1.50. The van der Waals surface area contributed by atoms with Crippen molar-refractivity contribution in [2.45, 2.75) is 32.7 Å². The first-order valence-corrected chi connectivity index (χ1v) is 11.4. The van der Waals surface area contributed by atoms with Crippen molar-refractivity contribution in [3.8, 4) is 5.75 Å². The van der Waals surface area contributed by atoms with Gasteiger partial charge in [-0.1, -0.05) is 0 Å². The number of piperidine rings is 1. The zero-order valence-electron chi connectivity index (χ0n) is 18.0. The second kappa shape index (κ2) is 10.6. The van der Waals surface area contributed by atoms with Crippen LogP contribution in [0.2, 0.25) is 0 Å². The first kappa shape index (κ1) is 22.3. The SMILES string of the molecule is COc1ccc(C(=O)N(CC(=O)NCC2CCN(C(C)C)CC2)c2ccsc2)cc1. The Bertz CT molecular complexity index is 813. The van der Waals surface area contributed by atoms with Gasteiger partial charge < -0.3 is 15.0 Å². The minimum absolute atomic E-state index is 0.00638. The van der Waals surface area contributed by atoms with Crippen LogP contribution in [-0.4, -0.2) is 56.0 Å². The molecule has 7 heteroatoms. The van der Waals surface area contributed by atoms with Crippen molar-refractivity contribution >= 4 is 28.8 Å². The lowest BCUT2D eigenvalue weighted by atomic mass is 9.96. The molecule has 1 N–H and O–H groups in total. The normalized spacial score (nSPS) is 15.2. The minimum atomic E-state index is -0.198. The maximum absolute atomic E-state index is 13.1. The van der Waals surface area contributed by atoms with E-state index in [4.69, 9.17) is 4.74 Å². The highest BCUT2D eigenvalue weighted by atomic mass is 32.1. The molecule has 6 nitrogen and oxygen atoms in total. The number of methoxy groups -OCH3 is 1. The fraction of sp³-hybridized carbons (Fsp3) is 0.478. The Balaban J connectivity index is 1.58. The summed E-state index contributed by atoms with van der Waals surface area (Å²) in [5, 5.41) is 6.84. The molecule has 0 radical (unpaired) electrons. The van der Waals surface area contributed by atoms with Gasteiger partial charge >= 0.3 is 0 Å². The van der Waals surface area contributed by atoms with Crippen molar-refractivity contribution in [3.05, 3.63) is 46.7 Å². The Labute approximate surface area is 182 Å². The molecule has 30 heavy (non-hydrogen) atoms. The molecular formula is C23H31N3O3S. The van der Waals surface area contributed by atoms with Gasteiger partial charge in [-0.05, 0) is 81.4 Å². The molecule has 2 aromatic rings. The van der Waals surface area contributed by atoms with E-state index in [2.05, 4.69) is 24.1 Å². The third-order valence-corrected chi connectivity index (χ3v) is 6.34. The third kappa shape index (κ3) is 5.83. The third-order valence-electron chi connectivity index (χ3n) is 5.67. The summed E-state index contributed by atoms with van der Waals surface area (Å²) in [5.74, 6) is 0.858. The number of amides is 2. The number of nitrogens with zero attached hydrogens (tertiary/aromatic N) is 2. The number of benzene rings is 1. The molecule has 0 aliphatic carbocycles. The molecule has 0 bridgehead atoms. The summed E-state index contributed by atoms with van der Waals surface area (Å²) in [6, 6.07) is 9.39. The topological polar surface area (TPSA) is 61.9 Å². The molecule has 0 atom stereocenters. The number of rotatable bonds is 8. The first-order chi connectivity index (χ1) is 14.5. The van der Waals surface area contributed by atoms with Gasteiger partial charge in [-0.25, -0.2) is 0 Å². The number of anilines is 1. The van der Waals surface area contributed by atoms with Crippen LogP contribution in [0.3, 0.4) is 0 Å². The van der Waals surface area contributed by atoms with E-state index in [-0.39, 0.29) is 18.4 Å². The summed E-state index contributed by atoms with van der Waals surface area (Å²) in [6.45, 7) is 7.28. The first-order valence-electron chi connectivity index (χ1n) is 10.5. The number of thiophene rings is 1. The van der Waals surface area contributed by atoms with Crippen LogP contribution >= 0.6 is 11.3 Å². The van der Waals surface area contributed by atoms with Crippen molar-refractivity contribution in [2.75, 3.05) is 38.2 Å². The van der Waals surface area contributed by atoms with E-state index in [1.807, 2.05) is 16.8 Å². The number of ether oxygens (including phenoxy) is 1. The van der Waals surface area contributed by atoms with Crippen LogP contribution in [0, 0.1) is 5.92 Å². The highest BCUT2D eigenvalue weighted by Crippen LogP contribution is 2.22. The molecule has 1 aromatic carbocycles. The number of nitrogens with one attached hydrogen (secondary N) is 1. The molecule has 2 heterocycles. The van der Waals surface area contributed by atoms with Gasteiger partial charge in [0.05, 0.1) is 12.8 Å². The summed E-state index contributed by atoms with van der Waals surface area (Å²) in [4.78, 5) is 29.8. The lowest BCUT2D eigenvalue weighted by molar-refractivity contribution is -0.120. The lowest BCUT2D eigenvalue weighted by Gasteiger charge is -2.34. The molecule has 0 spiro atoms. The van der Waals surface area contributed by atoms with Gasteiger partial charge in [-0.2, -0.15) is 11.3 Å². The molecular weight excluding hydrogens is 398 g/mol. The maximum Gasteiger partial charge on any atom is 0.258 e. The van der Waals surface area contributed by atoms with Crippen LogP contribution in [0.4, 0.5) is 5.69 Å². The Hall–Kier alpha value is -2.38. The number of carbonyl (C=O) groups excluding carboxylic acids is 2. The van der Waals surface area contributed by atoms with E-state index < -0.39 is 0 Å². The minimum Gasteiger partial charge on any atom is -0.497 e. The second-order valence-corrected chi connectivity index (χ2v) is 8.76. The van der Waals surface area contributed by atoms with Crippen LogP contribution in [0.5, 0.6) is 5.75 Å². The Morgan fingerprint density at radius 1 is 1.20 bits per heavy atom. The molecule has 2 amide bonds. The van der Waals surface area contributed by atoms with Crippen LogP contribution in [0.25, 0.3) is 0 Å². The van der Waals surface area contributed by atoms with E-state index in [9.17, 15) is 9.59 Å². The fourth-order valence-corrected chi connectivity index (χ4v) is 4.35. The Kier molecular flexibility index (Phi) is 7.87. The Morgan fingerprint density at radius 3 is 2.47 bits per heavy atom. The zero-order chi connectivity index (χ0) is 21.5. The van der Waals surface area contributed by atoms with E-state index in [0.717, 1.165) is 31.6 Å². The average Bonchev–Trinajstić information content (AvgIpc) is 3.30. The van der Waals surface area contributed by atoms with E-state index in [1.165, 1.54) is 16.2 Å². The van der Waals surface area contributed by atoms with Gasteiger partial charge in [0.15, 0.2) is 0 Å². The molecule has 0 unspecified atom stereocenters. The van der Waals surface area contributed by atoms with Gasteiger partial charge in [0.2, 0.25) is 5.91 Å². The number of hydrogen-bond donors (Lipinski definition) is 1. The van der Waals surface area contributed by atoms with Crippen LogP contribution in [0.1, 0.15) is 37.0 Å². The number of likely N-dealkylation sites (tertiary alicyclic amines) is 1. The van der Waals surface area contributed by atoms with Gasteiger partial charge in [-0.3, -0.25) is 14.5 Å². The van der Waals surface area contributed by atoms with Crippen molar-refractivity contribution in [1.29, 1.82) is 0 Å². The van der Waals surface area contributed by atoms with E-state index in [1.54, 1.807) is 31.4 Å². The average molecular weight is 430 g/mol. The Morgan fingerprint density at radius 2 is 1.90 bits per heavy atom. The molecule has 1 saturated heterocycles. The van der Waals surface area contributed by atoms with Crippen molar-refractivity contribution in [1.82, 2.24) is 10.2 Å². The van der Waals surface area contributed by atoms with Gasteiger partial charge in [0, 0.05) is 23.5 Å². The van der Waals surface area contributed by atoms with Gasteiger partial charge in [0.25, 0.3) is 5.91 Å². The molecule has 3 rings (SSSR count). The quantitative estimate of drug-likeness (QED) is 0.696. The van der Waals surface area contributed by atoms with Crippen LogP contribution in [0.15, 0.2) is 41.1 Å². The van der Waals surface area contributed by atoms with Gasteiger partial charge in [0.1, 0.15) is 12.3 Å². The van der Waals surface area contributed by atoms with Crippen molar-refractivity contribution in [2.24, 2.45) is 5.92 Å². The summed E-state index contributed by atoms with van der Waals surface area (Å²) in [7, 11) is 1.59. The zero-order valence-corrected chi connectivity index (χ0v) is 18.8. The standard InChI is InChI=1S/C23H31N3O3S/c1-17(2)25-11-8-18(9-12-25)14-24-22(27)15-26(20-10-13-30-16-20)23(28)19-4-6-21(29-3)7-5-19/h4-7,10,13,16-18H,8-9,11-12,14-15H2,1-3H3,(H,24,27). The van der Waals surface area contributed by atoms with Crippen LogP contribution in [-0.2, 0) is 4.79 Å². The fourth-order valence-electron chi connectivity index (χ4n) is 3.71. The lowest BCUT2D eigenvalue weighted by Crippen LogP contribution is -2.44. The molecule has 1 aliphatic rings. The smallest absolute Gasteiger partial charge is 0.258 e. The predicted octanol–water partition coefficient (Wildman–Crippen LogP) is 3.64. The molecule has 1 aliphatic heterocycles.